The molecule has 3 N–H and O–H groups in total. The first-order valence-electron chi connectivity index (χ1n) is 3.45. The van der Waals surface area contributed by atoms with Crippen LogP contribution in [0, 0.1) is 0 Å². The summed E-state index contributed by atoms with van der Waals surface area (Å²) < 4.78 is 0. The predicted molar refractivity (Wildman–Crippen MR) is 48.7 cm³/mol. The van der Waals surface area contributed by atoms with E-state index in [-0.39, 0.29) is 36.5 Å². The number of β-amino-alcohol motifs (C(OH)–C–C–N with tert-alkyl or cyclic N) is 1. The van der Waals surface area contributed by atoms with Crippen molar-refractivity contribution in [3.8, 4) is 0 Å². The number of hydrogen-bond acceptors (Lipinski definition) is 3. The maximum atomic E-state index is 9.14. The average Bonchev–Trinajstić information content (AvgIpc) is 2.09. The SMILES string of the molecule is Cl.Cl.OC1CNC2(CNC2)C1. The van der Waals surface area contributed by atoms with Gasteiger partial charge in [-0.05, 0) is 6.42 Å². The largest absolute Gasteiger partial charge is 0.392 e. The van der Waals surface area contributed by atoms with E-state index in [4.69, 9.17) is 5.11 Å². The zero-order valence-electron chi connectivity index (χ0n) is 6.17. The highest BCUT2D eigenvalue weighted by molar-refractivity contribution is 5.85. The first kappa shape index (κ1) is 11.5. The molecule has 2 rings (SSSR count). The maximum Gasteiger partial charge on any atom is 0.0683 e. The van der Waals surface area contributed by atoms with Gasteiger partial charge in [-0.25, -0.2) is 0 Å². The van der Waals surface area contributed by atoms with Gasteiger partial charge in [0.2, 0.25) is 0 Å². The highest BCUT2D eigenvalue weighted by Gasteiger charge is 2.42. The Labute approximate surface area is 78.8 Å². The molecule has 2 saturated heterocycles. The number of aliphatic hydroxyl groups is 1. The second-order valence-corrected chi connectivity index (χ2v) is 3.12. The molecule has 0 aliphatic carbocycles. The Morgan fingerprint density at radius 2 is 1.91 bits per heavy atom. The van der Waals surface area contributed by atoms with E-state index in [9.17, 15) is 0 Å². The molecule has 0 aromatic carbocycles. The number of nitrogens with one attached hydrogen (secondary N) is 2. The summed E-state index contributed by atoms with van der Waals surface area (Å²) in [5, 5.41) is 15.6. The van der Waals surface area contributed by atoms with Crippen LogP contribution in [0.3, 0.4) is 0 Å². The quantitative estimate of drug-likeness (QED) is 0.496. The summed E-state index contributed by atoms with van der Waals surface area (Å²) >= 11 is 0. The zero-order valence-corrected chi connectivity index (χ0v) is 7.80. The average molecular weight is 201 g/mol. The molecule has 2 heterocycles. The van der Waals surface area contributed by atoms with E-state index in [2.05, 4.69) is 10.6 Å². The van der Waals surface area contributed by atoms with Gasteiger partial charge >= 0.3 is 0 Å². The van der Waals surface area contributed by atoms with Crippen molar-refractivity contribution in [1.29, 1.82) is 0 Å². The minimum atomic E-state index is -0.105. The Morgan fingerprint density at radius 1 is 1.27 bits per heavy atom. The van der Waals surface area contributed by atoms with E-state index in [1.165, 1.54) is 0 Å². The zero-order chi connectivity index (χ0) is 6.32. The fraction of sp³-hybridized carbons (Fsp3) is 1.00. The van der Waals surface area contributed by atoms with Crippen LogP contribution in [-0.2, 0) is 0 Å². The van der Waals surface area contributed by atoms with E-state index < -0.39 is 0 Å². The van der Waals surface area contributed by atoms with Crippen molar-refractivity contribution in [3.63, 3.8) is 0 Å². The van der Waals surface area contributed by atoms with Crippen molar-refractivity contribution >= 4 is 24.8 Å². The molecule has 2 aliphatic rings. The molecule has 68 valence electrons. The molecule has 0 aromatic heterocycles. The van der Waals surface area contributed by atoms with Crippen molar-refractivity contribution < 1.29 is 5.11 Å². The Balaban J connectivity index is 0.000000500. The van der Waals surface area contributed by atoms with Crippen molar-refractivity contribution in [2.75, 3.05) is 19.6 Å². The Bertz CT molecular complexity index is 130. The summed E-state index contributed by atoms with van der Waals surface area (Å²) in [6.45, 7) is 2.84. The van der Waals surface area contributed by atoms with Crippen LogP contribution in [0.15, 0.2) is 0 Å². The molecule has 2 fully saturated rings. The maximum absolute atomic E-state index is 9.14. The minimum absolute atomic E-state index is 0. The number of halogens is 2. The van der Waals surface area contributed by atoms with Gasteiger partial charge in [0, 0.05) is 25.2 Å². The monoisotopic (exact) mass is 200 g/mol. The Morgan fingerprint density at radius 3 is 2.09 bits per heavy atom. The van der Waals surface area contributed by atoms with Crippen LogP contribution in [0.25, 0.3) is 0 Å². The first-order chi connectivity index (χ1) is 4.31. The van der Waals surface area contributed by atoms with Crippen LogP contribution in [0.1, 0.15) is 6.42 Å². The normalized spacial score (nSPS) is 31.9. The van der Waals surface area contributed by atoms with Gasteiger partial charge < -0.3 is 15.7 Å². The molecule has 2 aliphatic heterocycles. The highest BCUT2D eigenvalue weighted by Crippen LogP contribution is 2.22. The lowest BCUT2D eigenvalue weighted by molar-refractivity contribution is 0.167. The van der Waals surface area contributed by atoms with Gasteiger partial charge in [-0.3, -0.25) is 0 Å². The standard InChI is InChI=1S/C6H12N2O.2ClH/c9-5-1-6(8-2-5)3-7-4-6;;/h5,7-9H,1-4H2;2*1H. The smallest absolute Gasteiger partial charge is 0.0683 e. The van der Waals surface area contributed by atoms with Crippen LogP contribution in [0.4, 0.5) is 0 Å². The van der Waals surface area contributed by atoms with Crippen LogP contribution in [0.5, 0.6) is 0 Å². The molecular weight excluding hydrogens is 187 g/mol. The molecule has 0 bridgehead atoms. The second kappa shape index (κ2) is 3.92. The molecule has 5 heteroatoms. The van der Waals surface area contributed by atoms with Crippen LogP contribution < -0.4 is 10.6 Å². The van der Waals surface area contributed by atoms with Gasteiger partial charge in [0.25, 0.3) is 0 Å². The predicted octanol–water partition coefficient (Wildman–Crippen LogP) is -0.474. The first-order valence-corrected chi connectivity index (χ1v) is 3.45. The molecular formula is C6H14Cl2N2O. The van der Waals surface area contributed by atoms with Crippen molar-refractivity contribution in [3.05, 3.63) is 0 Å². The molecule has 1 spiro atoms. The third-order valence-corrected chi connectivity index (χ3v) is 2.27. The summed E-state index contributed by atoms with van der Waals surface area (Å²) in [5.41, 5.74) is 0.277. The van der Waals surface area contributed by atoms with E-state index in [0.717, 1.165) is 26.1 Å². The summed E-state index contributed by atoms with van der Waals surface area (Å²) in [5.74, 6) is 0. The van der Waals surface area contributed by atoms with Gasteiger partial charge in [-0.2, -0.15) is 0 Å². The summed E-state index contributed by atoms with van der Waals surface area (Å²) in [6, 6.07) is 0. The van der Waals surface area contributed by atoms with Gasteiger partial charge in [0.05, 0.1) is 6.10 Å². The number of aliphatic hydroxyl groups excluding tert-OH is 1. The number of rotatable bonds is 0. The van der Waals surface area contributed by atoms with E-state index in [1.54, 1.807) is 0 Å². The van der Waals surface area contributed by atoms with Crippen molar-refractivity contribution in [2.45, 2.75) is 18.1 Å². The molecule has 0 amide bonds. The van der Waals surface area contributed by atoms with Crippen molar-refractivity contribution in [2.24, 2.45) is 0 Å². The van der Waals surface area contributed by atoms with E-state index in [0.29, 0.717) is 0 Å². The van der Waals surface area contributed by atoms with Crippen LogP contribution in [-0.4, -0.2) is 36.4 Å². The fourth-order valence-corrected chi connectivity index (χ4v) is 1.63. The van der Waals surface area contributed by atoms with Gasteiger partial charge in [0.15, 0.2) is 0 Å². The summed E-state index contributed by atoms with van der Waals surface area (Å²) in [7, 11) is 0. The molecule has 0 aromatic rings. The minimum Gasteiger partial charge on any atom is -0.392 e. The Hall–Kier alpha value is 0.460. The molecule has 0 radical (unpaired) electrons. The van der Waals surface area contributed by atoms with Gasteiger partial charge in [-0.1, -0.05) is 0 Å². The third-order valence-electron chi connectivity index (χ3n) is 2.27. The lowest BCUT2D eigenvalue weighted by Gasteiger charge is -2.39. The molecule has 11 heavy (non-hydrogen) atoms. The lowest BCUT2D eigenvalue weighted by Crippen LogP contribution is -2.64. The van der Waals surface area contributed by atoms with Gasteiger partial charge in [-0.15, -0.1) is 24.8 Å². The topological polar surface area (TPSA) is 44.3 Å². The van der Waals surface area contributed by atoms with Crippen LogP contribution in [0.2, 0.25) is 0 Å². The molecule has 0 saturated carbocycles. The highest BCUT2D eigenvalue weighted by atomic mass is 35.5. The third kappa shape index (κ3) is 1.98. The summed E-state index contributed by atoms with van der Waals surface area (Å²) in [6.07, 6.45) is 0.826. The lowest BCUT2D eigenvalue weighted by atomic mass is 9.90. The van der Waals surface area contributed by atoms with E-state index >= 15 is 0 Å². The van der Waals surface area contributed by atoms with E-state index in [1.807, 2.05) is 0 Å². The van der Waals surface area contributed by atoms with Gasteiger partial charge in [0.1, 0.15) is 0 Å². The molecule has 1 atom stereocenters. The fourth-order valence-electron chi connectivity index (χ4n) is 1.63. The molecule has 1 unspecified atom stereocenters. The second-order valence-electron chi connectivity index (χ2n) is 3.12. The molecule has 3 nitrogen and oxygen atoms in total. The Kier molecular flexibility index (Phi) is 4.08. The van der Waals surface area contributed by atoms with Crippen LogP contribution >= 0.6 is 24.8 Å². The summed E-state index contributed by atoms with van der Waals surface area (Å²) in [4.78, 5) is 0. The number of hydrogen-bond donors (Lipinski definition) is 3. The van der Waals surface area contributed by atoms with Crippen molar-refractivity contribution in [1.82, 2.24) is 10.6 Å².